The molecule has 202 valence electrons. The molecule has 0 unspecified atom stereocenters. The highest BCUT2D eigenvalue weighted by molar-refractivity contribution is 7.93. The van der Waals surface area contributed by atoms with Crippen LogP contribution >= 0.6 is 0 Å². The number of aryl methyl sites for hydroxylation is 1. The van der Waals surface area contributed by atoms with Crippen molar-refractivity contribution in [2.45, 2.75) is 16.7 Å². The Morgan fingerprint density at radius 2 is 1.31 bits per heavy atom. The highest BCUT2D eigenvalue weighted by Crippen LogP contribution is 2.27. The fourth-order valence-electron chi connectivity index (χ4n) is 3.57. The molecule has 0 aliphatic carbocycles. The summed E-state index contributed by atoms with van der Waals surface area (Å²) in [5.41, 5.74) is 0.864. The number of carbonyl (C=O) groups excluding carboxylic acids is 1. The van der Waals surface area contributed by atoms with Gasteiger partial charge >= 0.3 is 0 Å². The first-order valence-corrected chi connectivity index (χ1v) is 14.4. The van der Waals surface area contributed by atoms with Crippen LogP contribution < -0.4 is 14.3 Å². The van der Waals surface area contributed by atoms with E-state index in [0.717, 1.165) is 23.8 Å². The van der Waals surface area contributed by atoms with Crippen LogP contribution in [0.5, 0.6) is 0 Å². The molecule has 0 radical (unpaired) electrons. The van der Waals surface area contributed by atoms with E-state index in [0.29, 0.717) is 4.31 Å². The third kappa shape index (κ3) is 6.59. The minimum atomic E-state index is -4.32. The molecule has 12 heteroatoms. The average molecular weight is 572 g/mol. The van der Waals surface area contributed by atoms with Gasteiger partial charge in [-0.05, 0) is 79.7 Å². The van der Waals surface area contributed by atoms with Crippen LogP contribution in [0, 0.1) is 18.6 Å². The minimum absolute atomic E-state index is 0.118. The zero-order valence-electron chi connectivity index (χ0n) is 20.5. The Hall–Kier alpha value is -4.29. The van der Waals surface area contributed by atoms with Gasteiger partial charge in [0.05, 0.1) is 15.5 Å². The van der Waals surface area contributed by atoms with Gasteiger partial charge in [-0.3, -0.25) is 13.8 Å². The quantitative estimate of drug-likeness (QED) is 0.297. The molecule has 0 aliphatic heterocycles. The molecule has 0 heterocycles. The lowest BCUT2D eigenvalue weighted by Gasteiger charge is -2.24. The van der Waals surface area contributed by atoms with E-state index in [1.807, 2.05) is 0 Å². The number of sulfonamides is 2. The Bertz CT molecular complexity index is 1690. The molecule has 4 aromatic carbocycles. The van der Waals surface area contributed by atoms with Crippen molar-refractivity contribution in [1.82, 2.24) is 0 Å². The molecule has 4 rings (SSSR count). The second kappa shape index (κ2) is 11.2. The second-order valence-electron chi connectivity index (χ2n) is 8.46. The van der Waals surface area contributed by atoms with Gasteiger partial charge in [-0.15, -0.1) is 0 Å². The maximum atomic E-state index is 14.6. The van der Waals surface area contributed by atoms with Crippen LogP contribution in [-0.2, 0) is 24.8 Å². The summed E-state index contributed by atoms with van der Waals surface area (Å²) in [7, 11) is -8.32. The molecule has 0 bridgehead atoms. The Balaban J connectivity index is 1.53. The molecule has 8 nitrogen and oxygen atoms in total. The molecule has 2 N–H and O–H groups in total. The van der Waals surface area contributed by atoms with E-state index < -0.39 is 44.1 Å². The van der Waals surface area contributed by atoms with E-state index in [1.54, 1.807) is 19.1 Å². The van der Waals surface area contributed by atoms with Gasteiger partial charge < -0.3 is 5.32 Å². The maximum absolute atomic E-state index is 14.6. The summed E-state index contributed by atoms with van der Waals surface area (Å²) in [6.07, 6.45) is 0. The van der Waals surface area contributed by atoms with E-state index in [2.05, 4.69) is 10.0 Å². The van der Waals surface area contributed by atoms with Crippen LogP contribution in [0.2, 0.25) is 0 Å². The lowest BCUT2D eigenvalue weighted by molar-refractivity contribution is -0.114. The van der Waals surface area contributed by atoms with Crippen molar-refractivity contribution in [2.24, 2.45) is 0 Å². The molecule has 0 aliphatic rings. The summed E-state index contributed by atoms with van der Waals surface area (Å²) in [5, 5.41) is 2.50. The highest BCUT2D eigenvalue weighted by Gasteiger charge is 2.29. The highest BCUT2D eigenvalue weighted by atomic mass is 32.2. The molecule has 0 spiro atoms. The van der Waals surface area contributed by atoms with Crippen molar-refractivity contribution in [3.63, 3.8) is 0 Å². The summed E-state index contributed by atoms with van der Waals surface area (Å²) in [6, 6.07) is 21.0. The Labute approximate surface area is 225 Å². The SMILES string of the molecule is Cc1ccc(S(=O)(=O)N(CC(=O)Nc2ccc(S(=O)(=O)Nc3ccc(F)cc3)cc2)c2ccccc2F)cc1. The molecule has 4 aromatic rings. The van der Waals surface area contributed by atoms with Gasteiger partial charge in [0.15, 0.2) is 0 Å². The lowest BCUT2D eigenvalue weighted by atomic mass is 10.2. The minimum Gasteiger partial charge on any atom is -0.325 e. The van der Waals surface area contributed by atoms with E-state index in [1.165, 1.54) is 66.7 Å². The Morgan fingerprint density at radius 1 is 0.744 bits per heavy atom. The molecule has 0 saturated carbocycles. The predicted octanol–water partition coefficient (Wildman–Crippen LogP) is 4.91. The number of amides is 1. The van der Waals surface area contributed by atoms with Crippen LogP contribution in [0.1, 0.15) is 5.56 Å². The summed E-state index contributed by atoms with van der Waals surface area (Å²) >= 11 is 0. The smallest absolute Gasteiger partial charge is 0.264 e. The zero-order valence-corrected chi connectivity index (χ0v) is 22.1. The molecule has 0 aromatic heterocycles. The standard InChI is InChI=1S/C27H23F2N3O5S2/c1-19-6-14-24(15-7-19)39(36,37)32(26-5-3-2-4-25(26)29)18-27(33)30-21-12-16-23(17-13-21)38(34,35)31-22-10-8-20(28)9-11-22/h2-17,31H,18H2,1H3,(H,30,33). The fourth-order valence-corrected chi connectivity index (χ4v) is 6.06. The summed E-state index contributed by atoms with van der Waals surface area (Å²) < 4.78 is 82.7. The molecule has 0 fully saturated rings. The Kier molecular flexibility index (Phi) is 7.98. The van der Waals surface area contributed by atoms with E-state index in [-0.39, 0.29) is 26.9 Å². The molecule has 39 heavy (non-hydrogen) atoms. The van der Waals surface area contributed by atoms with Crippen molar-refractivity contribution in [2.75, 3.05) is 20.9 Å². The number of carbonyl (C=O) groups is 1. The van der Waals surface area contributed by atoms with Crippen molar-refractivity contribution in [1.29, 1.82) is 0 Å². The van der Waals surface area contributed by atoms with Crippen molar-refractivity contribution >= 4 is 43.0 Å². The number of benzene rings is 4. The topological polar surface area (TPSA) is 113 Å². The monoisotopic (exact) mass is 571 g/mol. The summed E-state index contributed by atoms with van der Waals surface area (Å²) in [5.74, 6) is -2.13. The van der Waals surface area contributed by atoms with Gasteiger partial charge in [-0.2, -0.15) is 0 Å². The van der Waals surface area contributed by atoms with Gasteiger partial charge in [0.25, 0.3) is 20.0 Å². The molecular formula is C27H23F2N3O5S2. The average Bonchev–Trinajstić information content (AvgIpc) is 2.89. The summed E-state index contributed by atoms with van der Waals surface area (Å²) in [4.78, 5) is 12.6. The zero-order chi connectivity index (χ0) is 28.2. The van der Waals surface area contributed by atoms with Crippen molar-refractivity contribution < 1.29 is 30.4 Å². The molecule has 1 amide bonds. The number of nitrogens with zero attached hydrogens (tertiary/aromatic N) is 1. The molecule has 0 saturated heterocycles. The van der Waals surface area contributed by atoms with E-state index >= 15 is 0 Å². The van der Waals surface area contributed by atoms with Gasteiger partial charge in [0.1, 0.15) is 18.2 Å². The van der Waals surface area contributed by atoms with E-state index in [4.69, 9.17) is 0 Å². The maximum Gasteiger partial charge on any atom is 0.264 e. The van der Waals surface area contributed by atoms with Gasteiger partial charge in [0.2, 0.25) is 5.91 Å². The van der Waals surface area contributed by atoms with Gasteiger partial charge in [-0.25, -0.2) is 25.6 Å². The number of anilines is 3. The second-order valence-corrected chi connectivity index (χ2v) is 12.0. The van der Waals surface area contributed by atoms with Gasteiger partial charge in [-0.1, -0.05) is 29.8 Å². The van der Waals surface area contributed by atoms with Crippen LogP contribution in [0.25, 0.3) is 0 Å². The number of hydrogen-bond donors (Lipinski definition) is 2. The molecule has 0 atom stereocenters. The van der Waals surface area contributed by atoms with Crippen molar-refractivity contribution in [3.05, 3.63) is 114 Å². The third-order valence-corrected chi connectivity index (χ3v) is 8.73. The lowest BCUT2D eigenvalue weighted by Crippen LogP contribution is -2.38. The van der Waals surface area contributed by atoms with Crippen LogP contribution in [0.4, 0.5) is 25.8 Å². The molecular weight excluding hydrogens is 548 g/mol. The number of nitrogens with one attached hydrogen (secondary N) is 2. The first-order chi connectivity index (χ1) is 18.5. The number of halogens is 2. The van der Waals surface area contributed by atoms with Gasteiger partial charge in [0, 0.05) is 11.4 Å². The van der Waals surface area contributed by atoms with Crippen LogP contribution in [-0.4, -0.2) is 29.3 Å². The fraction of sp³-hybridized carbons (Fsp3) is 0.0741. The largest absolute Gasteiger partial charge is 0.325 e. The van der Waals surface area contributed by atoms with Crippen molar-refractivity contribution in [3.8, 4) is 0 Å². The summed E-state index contributed by atoms with van der Waals surface area (Å²) in [6.45, 7) is 1.04. The van der Waals surface area contributed by atoms with Crippen LogP contribution in [0.3, 0.4) is 0 Å². The number of hydrogen-bond acceptors (Lipinski definition) is 5. The van der Waals surface area contributed by atoms with Crippen LogP contribution in [0.15, 0.2) is 107 Å². The normalized spacial score (nSPS) is 11.6. The Morgan fingerprint density at radius 3 is 1.92 bits per heavy atom. The predicted molar refractivity (Wildman–Crippen MR) is 144 cm³/mol. The first kappa shape index (κ1) is 27.7. The number of rotatable bonds is 9. The number of para-hydroxylation sites is 1. The third-order valence-electron chi connectivity index (χ3n) is 5.56. The van der Waals surface area contributed by atoms with E-state index in [9.17, 15) is 30.4 Å². The first-order valence-electron chi connectivity index (χ1n) is 11.5.